The van der Waals surface area contributed by atoms with Crippen LogP contribution in [0.15, 0.2) is 144 Å². The van der Waals surface area contributed by atoms with Crippen molar-refractivity contribution in [2.45, 2.75) is 0 Å². The summed E-state index contributed by atoms with van der Waals surface area (Å²) in [7, 11) is 0. The van der Waals surface area contributed by atoms with E-state index in [1.807, 2.05) is 0 Å². The van der Waals surface area contributed by atoms with Crippen LogP contribution in [0.25, 0.3) is 104 Å². The van der Waals surface area contributed by atoms with Gasteiger partial charge in [0, 0.05) is 32.5 Å². The van der Waals surface area contributed by atoms with E-state index in [1.165, 1.54) is 43.1 Å². The molecule has 0 aliphatic carbocycles. The van der Waals surface area contributed by atoms with E-state index >= 15 is 0 Å². The molecule has 0 spiro atoms. The van der Waals surface area contributed by atoms with Crippen LogP contribution >= 0.6 is 0 Å². The lowest BCUT2D eigenvalue weighted by atomic mass is 9.95. The second-order valence-corrected chi connectivity index (χ2v) is 12.1. The number of nitrogens with zero attached hydrogens (tertiary/aromatic N) is 3. The average molecular weight is 586 g/mol. The molecule has 0 aliphatic rings. The molecule has 0 aliphatic heterocycles. The van der Waals surface area contributed by atoms with E-state index in [2.05, 4.69) is 144 Å². The van der Waals surface area contributed by atoms with E-state index in [4.69, 9.17) is 14.4 Å². The largest absolute Gasteiger partial charge is 0.456 e. The van der Waals surface area contributed by atoms with Crippen LogP contribution in [0.3, 0.4) is 0 Å². The molecule has 0 saturated carbocycles. The maximum absolute atomic E-state index is 6.53. The lowest BCUT2D eigenvalue weighted by molar-refractivity contribution is 0.669. The molecule has 3 aromatic heterocycles. The quantitative estimate of drug-likeness (QED) is 0.203. The van der Waals surface area contributed by atoms with Gasteiger partial charge in [-0.2, -0.15) is 0 Å². The van der Waals surface area contributed by atoms with E-state index in [-0.39, 0.29) is 0 Å². The Morgan fingerprint density at radius 3 is 1.98 bits per heavy atom. The van der Waals surface area contributed by atoms with Crippen LogP contribution in [0, 0.1) is 0 Å². The SMILES string of the molecule is c1ccc2cc(-c3nc(-n4c5cccc6c7ccccc7c7cccc8oc9ccc4c(c9c87)c65)nc4ccccc34)ccc2c1. The Morgan fingerprint density at radius 1 is 0.435 bits per heavy atom. The van der Waals surface area contributed by atoms with E-state index < -0.39 is 0 Å². The predicted octanol–water partition coefficient (Wildman–Crippen LogP) is 11.2. The van der Waals surface area contributed by atoms with Crippen LogP contribution in [-0.2, 0) is 0 Å². The molecule has 0 unspecified atom stereocenters. The molecule has 4 heteroatoms. The van der Waals surface area contributed by atoms with Crippen molar-refractivity contribution >= 4 is 87.0 Å². The Kier molecular flexibility index (Phi) is 4.55. The Morgan fingerprint density at radius 2 is 1.11 bits per heavy atom. The standard InChI is InChI=1S/C42H23N3O/c1-2-10-25-23-26(20-19-24(25)9-1)41-31-13-5-6-16-32(31)43-42(44-41)45-33-17-7-14-29-27-11-3-4-12-28(27)30-15-8-18-35-38(30)40-36(46-35)22-21-34(45)39(40)37(29)33/h1-23H. The maximum Gasteiger partial charge on any atom is 0.235 e. The third-order valence-electron chi connectivity index (χ3n) is 9.74. The number of rotatable bonds is 2. The summed E-state index contributed by atoms with van der Waals surface area (Å²) < 4.78 is 8.78. The van der Waals surface area contributed by atoms with Crippen molar-refractivity contribution in [2.24, 2.45) is 0 Å². The summed E-state index contributed by atoms with van der Waals surface area (Å²) in [5, 5.41) is 12.9. The molecule has 212 valence electrons. The summed E-state index contributed by atoms with van der Waals surface area (Å²) >= 11 is 0. The minimum absolute atomic E-state index is 0.652. The lowest BCUT2D eigenvalue weighted by Crippen LogP contribution is -2.03. The van der Waals surface area contributed by atoms with Crippen molar-refractivity contribution < 1.29 is 4.42 Å². The van der Waals surface area contributed by atoms with Crippen molar-refractivity contribution in [1.29, 1.82) is 0 Å². The molecule has 0 N–H and O–H groups in total. The topological polar surface area (TPSA) is 43.9 Å². The van der Waals surface area contributed by atoms with E-state index in [1.54, 1.807) is 0 Å². The first-order chi connectivity index (χ1) is 22.8. The highest BCUT2D eigenvalue weighted by Gasteiger charge is 2.24. The van der Waals surface area contributed by atoms with E-state index in [0.29, 0.717) is 5.95 Å². The van der Waals surface area contributed by atoms with E-state index in [9.17, 15) is 0 Å². The molecule has 46 heavy (non-hydrogen) atoms. The molecule has 0 bridgehead atoms. The van der Waals surface area contributed by atoms with Crippen LogP contribution in [0.1, 0.15) is 0 Å². The minimum atomic E-state index is 0.652. The van der Waals surface area contributed by atoms with Gasteiger partial charge < -0.3 is 4.42 Å². The van der Waals surface area contributed by atoms with Gasteiger partial charge in [0.05, 0.1) is 22.2 Å². The van der Waals surface area contributed by atoms with Crippen molar-refractivity contribution in [1.82, 2.24) is 14.5 Å². The monoisotopic (exact) mass is 585 g/mol. The number of fused-ring (bicyclic) bond motifs is 5. The molecule has 0 fully saturated rings. The third kappa shape index (κ3) is 3.07. The molecule has 0 amide bonds. The zero-order valence-electron chi connectivity index (χ0n) is 24.5. The number of hydrogen-bond acceptors (Lipinski definition) is 3. The Hall–Kier alpha value is -6.26. The van der Waals surface area contributed by atoms with Crippen molar-refractivity contribution in [3.05, 3.63) is 140 Å². The van der Waals surface area contributed by atoms with Gasteiger partial charge in [0.1, 0.15) is 11.2 Å². The van der Waals surface area contributed by atoms with Gasteiger partial charge in [0.2, 0.25) is 5.95 Å². The number of aromatic nitrogens is 3. The zero-order valence-corrected chi connectivity index (χ0v) is 24.5. The average Bonchev–Trinajstić information content (AvgIpc) is 3.66. The van der Waals surface area contributed by atoms with Crippen LogP contribution in [0.5, 0.6) is 0 Å². The molecular weight excluding hydrogens is 562 g/mol. The van der Waals surface area contributed by atoms with Crippen LogP contribution in [-0.4, -0.2) is 14.5 Å². The van der Waals surface area contributed by atoms with E-state index in [0.717, 1.165) is 55.1 Å². The zero-order chi connectivity index (χ0) is 29.9. The molecule has 8 aromatic carbocycles. The maximum atomic E-state index is 6.53. The molecule has 0 radical (unpaired) electrons. The third-order valence-corrected chi connectivity index (χ3v) is 9.74. The summed E-state index contributed by atoms with van der Waals surface area (Å²) in [6, 6.07) is 49.4. The summed E-state index contributed by atoms with van der Waals surface area (Å²) in [6.45, 7) is 0. The fourth-order valence-electron chi connectivity index (χ4n) is 7.79. The normalized spacial score (nSPS) is 12.3. The van der Waals surface area contributed by atoms with Crippen molar-refractivity contribution in [3.8, 4) is 17.2 Å². The highest BCUT2D eigenvalue weighted by molar-refractivity contribution is 6.38. The van der Waals surface area contributed by atoms with Gasteiger partial charge in [0.15, 0.2) is 0 Å². The van der Waals surface area contributed by atoms with Crippen LogP contribution in [0.2, 0.25) is 0 Å². The highest BCUT2D eigenvalue weighted by Crippen LogP contribution is 2.46. The lowest BCUT2D eigenvalue weighted by Gasteiger charge is -2.12. The first kappa shape index (κ1) is 24.1. The molecule has 3 heterocycles. The fourth-order valence-corrected chi connectivity index (χ4v) is 7.79. The second-order valence-electron chi connectivity index (χ2n) is 12.1. The van der Waals surface area contributed by atoms with Gasteiger partial charge in [-0.3, -0.25) is 4.57 Å². The number of furan rings is 1. The van der Waals surface area contributed by atoms with Gasteiger partial charge >= 0.3 is 0 Å². The first-order valence-corrected chi connectivity index (χ1v) is 15.6. The summed E-state index contributed by atoms with van der Waals surface area (Å²) in [5.41, 5.74) is 6.82. The molecule has 11 aromatic rings. The smallest absolute Gasteiger partial charge is 0.235 e. The second kappa shape index (κ2) is 8.68. The molecule has 0 atom stereocenters. The number of para-hydroxylation sites is 1. The van der Waals surface area contributed by atoms with Crippen molar-refractivity contribution in [2.75, 3.05) is 0 Å². The minimum Gasteiger partial charge on any atom is -0.456 e. The summed E-state index contributed by atoms with van der Waals surface area (Å²) in [4.78, 5) is 10.6. The molecule has 4 nitrogen and oxygen atoms in total. The molecule has 0 saturated heterocycles. The molecule has 11 rings (SSSR count). The number of hydrogen-bond donors (Lipinski definition) is 0. The Balaban J connectivity index is 1.34. The van der Waals surface area contributed by atoms with Gasteiger partial charge in [-0.15, -0.1) is 0 Å². The summed E-state index contributed by atoms with van der Waals surface area (Å²) in [5.74, 6) is 0.652. The van der Waals surface area contributed by atoms with Crippen LogP contribution < -0.4 is 0 Å². The highest BCUT2D eigenvalue weighted by atomic mass is 16.3. The summed E-state index contributed by atoms with van der Waals surface area (Å²) in [6.07, 6.45) is 0. The Labute approximate surface area is 262 Å². The van der Waals surface area contributed by atoms with Crippen molar-refractivity contribution in [3.63, 3.8) is 0 Å². The molecular formula is C42H23N3O. The van der Waals surface area contributed by atoms with Gasteiger partial charge in [-0.25, -0.2) is 9.97 Å². The number of benzene rings is 7. The van der Waals surface area contributed by atoms with Gasteiger partial charge in [0.25, 0.3) is 0 Å². The first-order valence-electron chi connectivity index (χ1n) is 15.6. The van der Waals surface area contributed by atoms with Crippen LogP contribution in [0.4, 0.5) is 0 Å². The van der Waals surface area contributed by atoms with Gasteiger partial charge in [-0.1, -0.05) is 103 Å². The fraction of sp³-hybridized carbons (Fsp3) is 0. The predicted molar refractivity (Wildman–Crippen MR) is 190 cm³/mol. The van der Waals surface area contributed by atoms with Gasteiger partial charge in [-0.05, 0) is 68.7 Å². The Bertz CT molecular complexity index is 3040.